The molecule has 0 atom stereocenters. The molecular formula is C13H24IN5. The van der Waals surface area contributed by atoms with E-state index < -0.39 is 0 Å². The van der Waals surface area contributed by atoms with Gasteiger partial charge in [0, 0.05) is 47.5 Å². The van der Waals surface area contributed by atoms with E-state index in [0.29, 0.717) is 0 Å². The Morgan fingerprint density at radius 1 is 1.21 bits per heavy atom. The average molecular weight is 377 g/mol. The number of pyridine rings is 1. The van der Waals surface area contributed by atoms with Crippen molar-refractivity contribution in [1.82, 2.24) is 14.8 Å². The van der Waals surface area contributed by atoms with Gasteiger partial charge in [0.1, 0.15) is 5.82 Å². The molecule has 1 N–H and O–H groups in total. The number of hydrogen-bond acceptors (Lipinski definition) is 3. The monoisotopic (exact) mass is 377 g/mol. The molecule has 19 heavy (non-hydrogen) atoms. The lowest BCUT2D eigenvalue weighted by atomic mass is 10.4. The molecule has 0 aromatic carbocycles. The summed E-state index contributed by atoms with van der Waals surface area (Å²) in [6.45, 7) is 1.69. The highest BCUT2D eigenvalue weighted by atomic mass is 127. The molecule has 0 aliphatic heterocycles. The Bertz CT molecular complexity index is 355. The van der Waals surface area contributed by atoms with Crippen molar-refractivity contribution < 1.29 is 0 Å². The summed E-state index contributed by atoms with van der Waals surface area (Å²) in [4.78, 5) is 12.8. The third kappa shape index (κ3) is 7.19. The molecule has 0 spiro atoms. The second kappa shape index (κ2) is 9.82. The highest BCUT2D eigenvalue weighted by Gasteiger charge is 2.02. The third-order valence-electron chi connectivity index (χ3n) is 2.36. The van der Waals surface area contributed by atoms with Gasteiger partial charge in [0.05, 0.1) is 0 Å². The fourth-order valence-corrected chi connectivity index (χ4v) is 1.62. The van der Waals surface area contributed by atoms with Crippen molar-refractivity contribution in [3.05, 3.63) is 24.4 Å². The molecule has 1 aromatic heterocycles. The molecule has 108 valence electrons. The number of hydrogen-bond donors (Lipinski definition) is 1. The van der Waals surface area contributed by atoms with Crippen molar-refractivity contribution in [2.45, 2.75) is 6.42 Å². The number of guanidine groups is 1. The molecule has 0 amide bonds. The Morgan fingerprint density at radius 3 is 2.42 bits per heavy atom. The molecular weight excluding hydrogens is 353 g/mol. The molecule has 6 heteroatoms. The van der Waals surface area contributed by atoms with Crippen LogP contribution in [-0.2, 0) is 0 Å². The first-order valence-corrected chi connectivity index (χ1v) is 6.15. The lowest BCUT2D eigenvalue weighted by molar-refractivity contribution is 0.479. The molecule has 0 saturated carbocycles. The van der Waals surface area contributed by atoms with Gasteiger partial charge in [-0.25, -0.2) is 4.98 Å². The molecule has 1 heterocycles. The van der Waals surface area contributed by atoms with Crippen molar-refractivity contribution >= 4 is 35.8 Å². The van der Waals surface area contributed by atoms with E-state index in [1.54, 1.807) is 6.20 Å². The zero-order chi connectivity index (χ0) is 13.4. The molecule has 0 radical (unpaired) electrons. The Morgan fingerprint density at radius 2 is 1.89 bits per heavy atom. The predicted molar refractivity (Wildman–Crippen MR) is 92.4 cm³/mol. The van der Waals surface area contributed by atoms with Crippen LogP contribution in [0.1, 0.15) is 6.42 Å². The maximum absolute atomic E-state index is 4.56. The summed E-state index contributed by atoms with van der Waals surface area (Å²) in [5.41, 5.74) is 0. The van der Waals surface area contributed by atoms with E-state index in [1.165, 1.54) is 0 Å². The summed E-state index contributed by atoms with van der Waals surface area (Å²) >= 11 is 0. The van der Waals surface area contributed by atoms with E-state index in [-0.39, 0.29) is 24.0 Å². The first kappa shape index (κ1) is 17.9. The van der Waals surface area contributed by atoms with Crippen molar-refractivity contribution in [2.24, 2.45) is 4.99 Å². The minimum atomic E-state index is 0. The van der Waals surface area contributed by atoms with Crippen LogP contribution < -0.4 is 5.32 Å². The van der Waals surface area contributed by atoms with E-state index in [4.69, 9.17) is 0 Å². The fraction of sp³-hybridized carbons (Fsp3) is 0.538. The van der Waals surface area contributed by atoms with E-state index in [2.05, 4.69) is 15.3 Å². The summed E-state index contributed by atoms with van der Waals surface area (Å²) in [6.07, 6.45) is 2.78. The Hall–Kier alpha value is -1.05. The highest BCUT2D eigenvalue weighted by Crippen LogP contribution is 1.99. The zero-order valence-corrected chi connectivity index (χ0v) is 14.5. The van der Waals surface area contributed by atoms with Crippen LogP contribution in [0.5, 0.6) is 0 Å². The maximum Gasteiger partial charge on any atom is 0.195 e. The van der Waals surface area contributed by atoms with Gasteiger partial charge < -0.3 is 15.1 Å². The van der Waals surface area contributed by atoms with Gasteiger partial charge in [-0.1, -0.05) is 6.07 Å². The van der Waals surface area contributed by atoms with Crippen LogP contribution in [-0.4, -0.2) is 62.0 Å². The molecule has 1 rings (SSSR count). The standard InChI is InChI=1S/C13H23N5.HI/c1-17(2)13(18(3)4)16-11-7-10-15-12-8-5-6-9-14-12;/h5-6,8-9H,7,10-11H2,1-4H3,(H,14,15);1H. The minimum Gasteiger partial charge on any atom is -0.370 e. The smallest absolute Gasteiger partial charge is 0.195 e. The number of rotatable bonds is 5. The fourth-order valence-electron chi connectivity index (χ4n) is 1.62. The normalized spacial score (nSPS) is 9.26. The van der Waals surface area contributed by atoms with Gasteiger partial charge in [0.25, 0.3) is 0 Å². The van der Waals surface area contributed by atoms with E-state index in [9.17, 15) is 0 Å². The number of anilines is 1. The first-order chi connectivity index (χ1) is 8.61. The molecule has 0 saturated heterocycles. The van der Waals surface area contributed by atoms with E-state index >= 15 is 0 Å². The lowest BCUT2D eigenvalue weighted by Crippen LogP contribution is -2.35. The number of aromatic nitrogens is 1. The van der Waals surface area contributed by atoms with Gasteiger partial charge in [-0.05, 0) is 18.6 Å². The van der Waals surface area contributed by atoms with Gasteiger partial charge in [0.2, 0.25) is 0 Å². The van der Waals surface area contributed by atoms with Crippen molar-refractivity contribution in [2.75, 3.05) is 46.6 Å². The van der Waals surface area contributed by atoms with Crippen LogP contribution in [0.25, 0.3) is 0 Å². The van der Waals surface area contributed by atoms with Crippen molar-refractivity contribution in [3.8, 4) is 0 Å². The molecule has 0 aliphatic rings. The second-order valence-electron chi connectivity index (χ2n) is 4.47. The molecule has 0 unspecified atom stereocenters. The summed E-state index contributed by atoms with van der Waals surface area (Å²) in [6, 6.07) is 5.86. The number of halogens is 1. The Balaban J connectivity index is 0.00000324. The summed E-state index contributed by atoms with van der Waals surface area (Å²) in [5.74, 6) is 1.91. The van der Waals surface area contributed by atoms with E-state index in [0.717, 1.165) is 31.3 Å². The topological polar surface area (TPSA) is 43.8 Å². The minimum absolute atomic E-state index is 0. The summed E-state index contributed by atoms with van der Waals surface area (Å²) in [7, 11) is 8.02. The summed E-state index contributed by atoms with van der Waals surface area (Å²) < 4.78 is 0. The van der Waals surface area contributed by atoms with Crippen LogP contribution in [0.15, 0.2) is 29.4 Å². The average Bonchev–Trinajstić information content (AvgIpc) is 2.34. The maximum atomic E-state index is 4.56. The van der Waals surface area contributed by atoms with Crippen LogP contribution in [0, 0.1) is 0 Å². The van der Waals surface area contributed by atoms with E-state index in [1.807, 2.05) is 56.2 Å². The number of nitrogens with zero attached hydrogens (tertiary/aromatic N) is 4. The molecule has 0 bridgehead atoms. The number of nitrogens with one attached hydrogen (secondary N) is 1. The van der Waals surface area contributed by atoms with Gasteiger partial charge in [0.15, 0.2) is 5.96 Å². The second-order valence-corrected chi connectivity index (χ2v) is 4.47. The summed E-state index contributed by atoms with van der Waals surface area (Å²) in [5, 5.41) is 3.27. The van der Waals surface area contributed by atoms with Crippen molar-refractivity contribution in [1.29, 1.82) is 0 Å². The van der Waals surface area contributed by atoms with Gasteiger partial charge in [-0.2, -0.15) is 0 Å². The third-order valence-corrected chi connectivity index (χ3v) is 2.36. The van der Waals surface area contributed by atoms with Crippen molar-refractivity contribution in [3.63, 3.8) is 0 Å². The predicted octanol–water partition coefficient (Wildman–Crippen LogP) is 1.98. The lowest BCUT2D eigenvalue weighted by Gasteiger charge is -2.22. The molecule has 0 aliphatic carbocycles. The Labute approximate surface area is 133 Å². The largest absolute Gasteiger partial charge is 0.370 e. The molecule has 0 fully saturated rings. The molecule has 1 aromatic rings. The molecule has 5 nitrogen and oxygen atoms in total. The van der Waals surface area contributed by atoms with Crippen LogP contribution in [0.4, 0.5) is 5.82 Å². The SMILES string of the molecule is CN(C)C(=NCCCNc1ccccn1)N(C)C.I. The van der Waals surface area contributed by atoms with Crippen LogP contribution in [0.3, 0.4) is 0 Å². The quantitative estimate of drug-likeness (QED) is 0.369. The van der Waals surface area contributed by atoms with Gasteiger partial charge in [-0.3, -0.25) is 4.99 Å². The van der Waals surface area contributed by atoms with Crippen LogP contribution in [0.2, 0.25) is 0 Å². The van der Waals surface area contributed by atoms with Gasteiger partial charge >= 0.3 is 0 Å². The van der Waals surface area contributed by atoms with Gasteiger partial charge in [-0.15, -0.1) is 24.0 Å². The number of aliphatic imine (C=N–C) groups is 1. The van der Waals surface area contributed by atoms with Crippen LogP contribution >= 0.6 is 24.0 Å². The highest BCUT2D eigenvalue weighted by molar-refractivity contribution is 14.0. The Kier molecular flexibility index (Phi) is 9.28. The zero-order valence-electron chi connectivity index (χ0n) is 12.1. The first-order valence-electron chi connectivity index (χ1n) is 6.15.